The van der Waals surface area contributed by atoms with E-state index in [0.717, 1.165) is 12.2 Å². The summed E-state index contributed by atoms with van der Waals surface area (Å²) in [6.45, 7) is 5.39. The highest BCUT2D eigenvalue weighted by Crippen LogP contribution is 2.12. The summed E-state index contributed by atoms with van der Waals surface area (Å²) in [7, 11) is 0. The summed E-state index contributed by atoms with van der Waals surface area (Å²) in [6.07, 6.45) is 0. The lowest BCUT2D eigenvalue weighted by Crippen LogP contribution is -2.31. The van der Waals surface area contributed by atoms with E-state index in [1.807, 2.05) is 19.4 Å². The van der Waals surface area contributed by atoms with Crippen LogP contribution < -0.4 is 11.1 Å². The molecule has 0 saturated carbocycles. The molecule has 0 amide bonds. The van der Waals surface area contributed by atoms with Gasteiger partial charge in [-0.2, -0.15) is 0 Å². The van der Waals surface area contributed by atoms with E-state index in [9.17, 15) is 0 Å². The van der Waals surface area contributed by atoms with E-state index >= 15 is 0 Å². The van der Waals surface area contributed by atoms with Gasteiger partial charge in [-0.25, -0.2) is 9.98 Å². The van der Waals surface area contributed by atoms with Crippen molar-refractivity contribution in [1.29, 1.82) is 0 Å². The Labute approximate surface area is 81.9 Å². The number of hydrogen-bond acceptors (Lipinski definition) is 3. The zero-order valence-corrected chi connectivity index (χ0v) is 8.69. The molecular formula is C8H14N4S. The minimum absolute atomic E-state index is 0.496. The fourth-order valence-electron chi connectivity index (χ4n) is 0.872. The molecule has 1 aromatic heterocycles. The van der Waals surface area contributed by atoms with Crippen molar-refractivity contribution >= 4 is 17.3 Å². The third-order valence-electron chi connectivity index (χ3n) is 1.60. The Morgan fingerprint density at radius 3 is 3.08 bits per heavy atom. The second kappa shape index (κ2) is 4.81. The summed E-state index contributed by atoms with van der Waals surface area (Å²) >= 11 is 1.61. The van der Waals surface area contributed by atoms with Crippen molar-refractivity contribution in [2.45, 2.75) is 20.4 Å². The topological polar surface area (TPSA) is 63.3 Å². The van der Waals surface area contributed by atoms with Crippen molar-refractivity contribution in [2.24, 2.45) is 10.7 Å². The fraction of sp³-hybridized carbons (Fsp3) is 0.500. The lowest BCUT2D eigenvalue weighted by Gasteiger charge is -2.00. The Kier molecular flexibility index (Phi) is 3.70. The highest BCUT2D eigenvalue weighted by molar-refractivity contribution is 7.09. The molecule has 5 heteroatoms. The molecule has 0 atom stereocenters. The summed E-state index contributed by atoms with van der Waals surface area (Å²) < 4.78 is 0. The van der Waals surface area contributed by atoms with Crippen LogP contribution in [0.5, 0.6) is 0 Å². The average Bonchev–Trinajstić information content (AvgIpc) is 2.48. The van der Waals surface area contributed by atoms with Gasteiger partial charge >= 0.3 is 0 Å². The third-order valence-corrected chi connectivity index (χ3v) is 2.52. The van der Waals surface area contributed by atoms with E-state index in [0.29, 0.717) is 12.5 Å². The van der Waals surface area contributed by atoms with Crippen LogP contribution in [0.1, 0.15) is 17.5 Å². The Hall–Kier alpha value is -1.10. The van der Waals surface area contributed by atoms with Gasteiger partial charge < -0.3 is 11.1 Å². The zero-order valence-electron chi connectivity index (χ0n) is 7.87. The second-order valence-electron chi connectivity index (χ2n) is 2.59. The molecule has 0 aliphatic rings. The standard InChI is InChI=1S/C8H14N4S/c1-3-10-8(9)11-4-7-6(2)12-5-13-7/h5H,3-4H2,1-2H3,(H3,9,10,11). The first-order valence-electron chi connectivity index (χ1n) is 4.16. The van der Waals surface area contributed by atoms with Crippen molar-refractivity contribution in [2.75, 3.05) is 6.54 Å². The number of aryl methyl sites for hydroxylation is 1. The van der Waals surface area contributed by atoms with Crippen molar-refractivity contribution in [3.05, 3.63) is 16.1 Å². The van der Waals surface area contributed by atoms with Crippen LogP contribution >= 0.6 is 11.3 Å². The summed E-state index contributed by atoms with van der Waals surface area (Å²) in [5.74, 6) is 0.496. The van der Waals surface area contributed by atoms with Gasteiger partial charge in [-0.3, -0.25) is 0 Å². The normalized spacial score (nSPS) is 11.7. The second-order valence-corrected chi connectivity index (χ2v) is 3.53. The van der Waals surface area contributed by atoms with Crippen LogP contribution in [0.4, 0.5) is 0 Å². The lowest BCUT2D eigenvalue weighted by atomic mass is 10.4. The highest BCUT2D eigenvalue weighted by Gasteiger charge is 1.99. The molecule has 3 N–H and O–H groups in total. The number of rotatable bonds is 3. The van der Waals surface area contributed by atoms with Gasteiger partial charge in [0.05, 0.1) is 17.7 Å². The fourth-order valence-corrected chi connectivity index (χ4v) is 1.57. The van der Waals surface area contributed by atoms with E-state index in [1.54, 1.807) is 11.3 Å². The molecular weight excluding hydrogens is 184 g/mol. The molecule has 1 heterocycles. The van der Waals surface area contributed by atoms with Gasteiger partial charge in [-0.15, -0.1) is 11.3 Å². The maximum atomic E-state index is 5.57. The van der Waals surface area contributed by atoms with Crippen molar-refractivity contribution in [3.8, 4) is 0 Å². The number of nitrogens with zero attached hydrogens (tertiary/aromatic N) is 2. The molecule has 0 radical (unpaired) electrons. The van der Waals surface area contributed by atoms with Gasteiger partial charge in [0.1, 0.15) is 0 Å². The van der Waals surface area contributed by atoms with Crippen LogP contribution in [-0.2, 0) is 6.54 Å². The number of guanidine groups is 1. The molecule has 1 rings (SSSR count). The molecule has 0 aliphatic heterocycles. The Bertz CT molecular complexity index is 292. The maximum absolute atomic E-state index is 5.57. The smallest absolute Gasteiger partial charge is 0.188 e. The highest BCUT2D eigenvalue weighted by atomic mass is 32.1. The molecule has 13 heavy (non-hydrogen) atoms. The Morgan fingerprint density at radius 2 is 2.54 bits per heavy atom. The van der Waals surface area contributed by atoms with Crippen LogP contribution in [0.2, 0.25) is 0 Å². The number of aromatic nitrogens is 1. The minimum Gasteiger partial charge on any atom is -0.370 e. The average molecular weight is 198 g/mol. The first-order chi connectivity index (χ1) is 6.24. The van der Waals surface area contributed by atoms with Crippen LogP contribution in [-0.4, -0.2) is 17.5 Å². The van der Waals surface area contributed by atoms with Crippen LogP contribution in [0.25, 0.3) is 0 Å². The Balaban J connectivity index is 2.51. The van der Waals surface area contributed by atoms with Gasteiger partial charge in [0.25, 0.3) is 0 Å². The summed E-state index contributed by atoms with van der Waals surface area (Å²) in [5.41, 5.74) is 8.44. The molecule has 0 spiro atoms. The van der Waals surface area contributed by atoms with Crippen LogP contribution in [0.3, 0.4) is 0 Å². The predicted molar refractivity (Wildman–Crippen MR) is 55.9 cm³/mol. The minimum atomic E-state index is 0.496. The number of aliphatic imine (C=N–C) groups is 1. The number of thiazole rings is 1. The molecule has 0 aliphatic carbocycles. The molecule has 0 unspecified atom stereocenters. The number of nitrogens with one attached hydrogen (secondary N) is 1. The SMILES string of the molecule is CCNC(N)=NCc1scnc1C. The van der Waals surface area contributed by atoms with Gasteiger partial charge in [-0.1, -0.05) is 0 Å². The van der Waals surface area contributed by atoms with Crippen molar-refractivity contribution in [1.82, 2.24) is 10.3 Å². The summed E-state index contributed by atoms with van der Waals surface area (Å²) in [4.78, 5) is 9.47. The van der Waals surface area contributed by atoms with Gasteiger partial charge in [-0.05, 0) is 13.8 Å². The van der Waals surface area contributed by atoms with Gasteiger partial charge in [0, 0.05) is 11.4 Å². The third kappa shape index (κ3) is 3.02. The quantitative estimate of drug-likeness (QED) is 0.559. The van der Waals surface area contributed by atoms with E-state index in [4.69, 9.17) is 5.73 Å². The van der Waals surface area contributed by atoms with Crippen molar-refractivity contribution < 1.29 is 0 Å². The molecule has 0 aromatic carbocycles. The predicted octanol–water partition coefficient (Wildman–Crippen LogP) is 0.876. The van der Waals surface area contributed by atoms with Crippen LogP contribution in [0, 0.1) is 6.92 Å². The largest absolute Gasteiger partial charge is 0.370 e. The zero-order chi connectivity index (χ0) is 9.68. The summed E-state index contributed by atoms with van der Waals surface area (Å²) in [5, 5.41) is 2.94. The molecule has 0 saturated heterocycles. The maximum Gasteiger partial charge on any atom is 0.188 e. The first-order valence-corrected chi connectivity index (χ1v) is 5.04. The van der Waals surface area contributed by atoms with Crippen LogP contribution in [0.15, 0.2) is 10.5 Å². The Morgan fingerprint density at radius 1 is 1.77 bits per heavy atom. The molecule has 1 aromatic rings. The first kappa shape index (κ1) is 9.98. The van der Waals surface area contributed by atoms with E-state index in [-0.39, 0.29) is 0 Å². The molecule has 72 valence electrons. The molecule has 4 nitrogen and oxygen atoms in total. The van der Waals surface area contributed by atoms with Gasteiger partial charge in [0.2, 0.25) is 0 Å². The monoisotopic (exact) mass is 198 g/mol. The van der Waals surface area contributed by atoms with E-state index < -0.39 is 0 Å². The van der Waals surface area contributed by atoms with Crippen molar-refractivity contribution in [3.63, 3.8) is 0 Å². The van der Waals surface area contributed by atoms with E-state index in [1.165, 1.54) is 4.88 Å². The van der Waals surface area contributed by atoms with E-state index in [2.05, 4.69) is 15.3 Å². The number of hydrogen-bond donors (Lipinski definition) is 2. The summed E-state index contributed by atoms with van der Waals surface area (Å²) in [6, 6.07) is 0. The molecule has 0 bridgehead atoms. The lowest BCUT2D eigenvalue weighted by molar-refractivity contribution is 0.926. The molecule has 0 fully saturated rings. The number of nitrogens with two attached hydrogens (primary N) is 1. The van der Waals surface area contributed by atoms with Gasteiger partial charge in [0.15, 0.2) is 5.96 Å².